The van der Waals surface area contributed by atoms with Crippen LogP contribution in [0.4, 0.5) is 44.8 Å². The van der Waals surface area contributed by atoms with Gasteiger partial charge in [0, 0.05) is 44.4 Å². The van der Waals surface area contributed by atoms with E-state index in [1.54, 1.807) is 11.3 Å². The molecule has 0 atom stereocenters. The minimum Gasteiger partial charge on any atom is -0.310 e. The summed E-state index contributed by atoms with van der Waals surface area (Å²) >= 11 is 1.65. The molecule has 0 saturated heterocycles. The van der Waals surface area contributed by atoms with Crippen LogP contribution in [0.2, 0.25) is 0 Å². The fourth-order valence-electron chi connectivity index (χ4n) is 10.0. The molecule has 3 heterocycles. The van der Waals surface area contributed by atoms with Crippen molar-refractivity contribution in [2.75, 3.05) is 9.80 Å². The fraction of sp³-hybridized carbons (Fsp3) is 0.123. The standard InChI is InChI=1S/C57H46N4S/c1-56(2)45-19-9-13-23-49(45)60(50-24-14-10-20-46(50)56)40-31-27-37(28-32-40)42-35-44-53(62-55(58-5)54(44)59-39-17-7-6-8-18-39)36-43(42)38-29-33-41(34-30-38)61-51-25-15-11-21-47(51)57(3,4)48-22-12-16-26-52(48)61/h6-17,19-36H,5,18H2,1-4H3. The van der Waals surface area contributed by atoms with E-state index < -0.39 is 0 Å². The van der Waals surface area contributed by atoms with E-state index in [4.69, 9.17) is 4.99 Å². The maximum atomic E-state index is 5.20. The molecular formula is C57H46N4S. The molecule has 0 unspecified atom stereocenters. The highest BCUT2D eigenvalue weighted by atomic mass is 32.1. The molecule has 2 aliphatic heterocycles. The molecule has 11 rings (SSSR count). The van der Waals surface area contributed by atoms with Gasteiger partial charge in [0.15, 0.2) is 0 Å². The van der Waals surface area contributed by atoms with Crippen LogP contribution in [0.25, 0.3) is 32.3 Å². The molecule has 0 saturated carbocycles. The number of benzene rings is 7. The van der Waals surface area contributed by atoms with Gasteiger partial charge < -0.3 is 9.80 Å². The number of hydrogen-bond acceptors (Lipinski definition) is 5. The van der Waals surface area contributed by atoms with Gasteiger partial charge in [-0.25, -0.2) is 4.99 Å². The van der Waals surface area contributed by atoms with Crippen LogP contribution < -0.4 is 9.80 Å². The van der Waals surface area contributed by atoms with Crippen LogP contribution in [0.15, 0.2) is 192 Å². The van der Waals surface area contributed by atoms with E-state index in [0.717, 1.165) is 66.5 Å². The van der Waals surface area contributed by atoms with Crippen molar-refractivity contribution in [3.8, 4) is 22.3 Å². The molecule has 0 radical (unpaired) electrons. The second kappa shape index (κ2) is 14.5. The Morgan fingerprint density at radius 3 is 1.39 bits per heavy atom. The van der Waals surface area contributed by atoms with Gasteiger partial charge in [-0.15, -0.1) is 11.3 Å². The molecule has 8 aromatic rings. The van der Waals surface area contributed by atoms with Crippen molar-refractivity contribution >= 4 is 78.7 Å². The van der Waals surface area contributed by atoms with E-state index in [-0.39, 0.29) is 10.8 Å². The second-order valence-electron chi connectivity index (χ2n) is 17.5. The Balaban J connectivity index is 1.06. The summed E-state index contributed by atoms with van der Waals surface area (Å²) in [6.07, 6.45) is 9.14. The van der Waals surface area contributed by atoms with Gasteiger partial charge in [0.25, 0.3) is 0 Å². The molecule has 0 spiro atoms. The summed E-state index contributed by atoms with van der Waals surface area (Å²) in [7, 11) is 0. The maximum absolute atomic E-state index is 5.20. The summed E-state index contributed by atoms with van der Waals surface area (Å²) in [6.45, 7) is 13.3. The molecular weight excluding hydrogens is 773 g/mol. The van der Waals surface area contributed by atoms with Crippen molar-refractivity contribution in [1.29, 1.82) is 0 Å². The average molecular weight is 819 g/mol. The van der Waals surface area contributed by atoms with Crippen LogP contribution in [0.1, 0.15) is 56.4 Å². The van der Waals surface area contributed by atoms with E-state index in [1.807, 2.05) is 0 Å². The number of fused-ring (bicyclic) bond motifs is 5. The largest absolute Gasteiger partial charge is 0.310 e. The molecule has 7 aromatic carbocycles. The highest BCUT2D eigenvalue weighted by molar-refractivity contribution is 7.23. The summed E-state index contributed by atoms with van der Waals surface area (Å²) in [4.78, 5) is 14.5. The SMILES string of the molecule is C=Nc1sc2cc(-c3ccc(N4c5ccccc5C(C)(C)c5ccccc54)cc3)c(-c3ccc(N4c5ccccc5C(C)(C)c5ccccc54)cc3)cc2c1N=C1C=CC=CC1. The lowest BCUT2D eigenvalue weighted by atomic mass is 9.73. The molecule has 0 amide bonds. The van der Waals surface area contributed by atoms with Crippen LogP contribution in [-0.4, -0.2) is 12.4 Å². The molecule has 0 fully saturated rings. The number of allylic oxidation sites excluding steroid dienone is 4. The third-order valence-corrected chi connectivity index (χ3v) is 14.3. The smallest absolute Gasteiger partial charge is 0.142 e. The highest BCUT2D eigenvalue weighted by Crippen LogP contribution is 2.54. The summed E-state index contributed by atoms with van der Waals surface area (Å²) in [6, 6.07) is 58.2. The normalized spacial score (nSPS) is 16.2. The lowest BCUT2D eigenvalue weighted by molar-refractivity contribution is 0.632. The Morgan fingerprint density at radius 2 is 0.968 bits per heavy atom. The van der Waals surface area contributed by atoms with Gasteiger partial charge in [-0.1, -0.05) is 143 Å². The predicted molar refractivity (Wildman–Crippen MR) is 266 cm³/mol. The van der Waals surface area contributed by atoms with Gasteiger partial charge >= 0.3 is 0 Å². The first kappa shape index (κ1) is 37.9. The van der Waals surface area contributed by atoms with Gasteiger partial charge in [-0.3, -0.25) is 4.99 Å². The number of rotatable bonds is 6. The van der Waals surface area contributed by atoms with Gasteiger partial charge in [-0.2, -0.15) is 0 Å². The summed E-state index contributed by atoms with van der Waals surface area (Å²) < 4.78 is 1.13. The van der Waals surface area contributed by atoms with E-state index in [0.29, 0.717) is 0 Å². The van der Waals surface area contributed by atoms with Crippen LogP contribution in [0, 0.1) is 0 Å². The zero-order valence-electron chi connectivity index (χ0n) is 35.4. The minimum absolute atomic E-state index is 0.117. The van der Waals surface area contributed by atoms with Crippen molar-refractivity contribution in [3.05, 3.63) is 204 Å². The number of para-hydroxylation sites is 4. The molecule has 1 aromatic heterocycles. The first-order valence-corrected chi connectivity index (χ1v) is 22.2. The summed E-state index contributed by atoms with van der Waals surface area (Å²) in [5.74, 6) is 0. The quantitative estimate of drug-likeness (QED) is 0.157. The zero-order valence-corrected chi connectivity index (χ0v) is 36.2. The Hall–Kier alpha value is -7.08. The molecule has 62 heavy (non-hydrogen) atoms. The Bertz CT molecular complexity index is 3080. The lowest BCUT2D eigenvalue weighted by Crippen LogP contribution is -2.30. The first-order valence-electron chi connectivity index (χ1n) is 21.4. The molecule has 0 bridgehead atoms. The van der Waals surface area contributed by atoms with Gasteiger partial charge in [0.05, 0.1) is 22.7 Å². The maximum Gasteiger partial charge on any atom is 0.142 e. The molecule has 5 heteroatoms. The van der Waals surface area contributed by atoms with E-state index in [2.05, 4.69) is 231 Å². The Labute approximate surface area is 368 Å². The number of hydrogen-bond donors (Lipinski definition) is 0. The van der Waals surface area contributed by atoms with Gasteiger partial charge in [-0.05, 0) is 118 Å². The van der Waals surface area contributed by atoms with E-state index in [9.17, 15) is 0 Å². The van der Waals surface area contributed by atoms with E-state index >= 15 is 0 Å². The second-order valence-corrected chi connectivity index (χ2v) is 18.5. The van der Waals surface area contributed by atoms with Crippen molar-refractivity contribution in [1.82, 2.24) is 0 Å². The van der Waals surface area contributed by atoms with Crippen molar-refractivity contribution in [2.24, 2.45) is 9.98 Å². The predicted octanol–water partition coefficient (Wildman–Crippen LogP) is 16.4. The van der Waals surface area contributed by atoms with Gasteiger partial charge in [0.2, 0.25) is 0 Å². The molecule has 1 aliphatic carbocycles. The van der Waals surface area contributed by atoms with E-state index in [1.165, 1.54) is 45.0 Å². The monoisotopic (exact) mass is 818 g/mol. The highest BCUT2D eigenvalue weighted by Gasteiger charge is 2.38. The van der Waals surface area contributed by atoms with Crippen molar-refractivity contribution < 1.29 is 0 Å². The third kappa shape index (κ3) is 5.94. The minimum atomic E-state index is -0.120. The summed E-state index contributed by atoms with van der Waals surface area (Å²) in [5.41, 5.74) is 18.6. The van der Waals surface area contributed by atoms with Crippen molar-refractivity contribution in [3.63, 3.8) is 0 Å². The van der Waals surface area contributed by atoms with Crippen LogP contribution in [0.3, 0.4) is 0 Å². The number of aliphatic imine (C=N–C) groups is 2. The lowest BCUT2D eigenvalue weighted by Gasteiger charge is -2.42. The van der Waals surface area contributed by atoms with Crippen LogP contribution >= 0.6 is 11.3 Å². The number of anilines is 6. The molecule has 4 nitrogen and oxygen atoms in total. The van der Waals surface area contributed by atoms with Crippen LogP contribution in [-0.2, 0) is 10.8 Å². The molecule has 3 aliphatic rings. The molecule has 300 valence electrons. The van der Waals surface area contributed by atoms with Crippen molar-refractivity contribution in [2.45, 2.75) is 44.9 Å². The first-order chi connectivity index (χ1) is 30.2. The topological polar surface area (TPSA) is 31.2 Å². The van der Waals surface area contributed by atoms with Gasteiger partial charge in [0.1, 0.15) is 10.7 Å². The Morgan fingerprint density at radius 1 is 0.532 bits per heavy atom. The average Bonchev–Trinajstić information content (AvgIpc) is 3.65. The fourth-order valence-corrected chi connectivity index (χ4v) is 11.0. The molecule has 0 N–H and O–H groups in total. The summed E-state index contributed by atoms with van der Waals surface area (Å²) in [5, 5.41) is 1.91. The number of nitrogens with zero attached hydrogens (tertiary/aromatic N) is 4. The van der Waals surface area contributed by atoms with Crippen LogP contribution in [0.5, 0.6) is 0 Å². The Kier molecular flexibility index (Phi) is 8.88. The number of thiophene rings is 1. The zero-order chi connectivity index (χ0) is 42.2. The third-order valence-electron chi connectivity index (χ3n) is 13.2.